The van der Waals surface area contributed by atoms with E-state index in [1.54, 1.807) is 0 Å². The summed E-state index contributed by atoms with van der Waals surface area (Å²) < 4.78 is 0. The van der Waals surface area contributed by atoms with Crippen LogP contribution >= 0.6 is 0 Å². The normalized spacial score (nSPS) is 13.8. The first-order valence-electron chi connectivity index (χ1n) is 7.85. The van der Waals surface area contributed by atoms with E-state index in [9.17, 15) is 0 Å². The Kier molecular flexibility index (Phi) is 5.02. The van der Waals surface area contributed by atoms with E-state index in [0.29, 0.717) is 6.04 Å². The summed E-state index contributed by atoms with van der Waals surface area (Å²) in [4.78, 5) is 2.45. The molecule has 0 aromatic heterocycles. The molecule has 2 heteroatoms. The van der Waals surface area contributed by atoms with Gasteiger partial charge in [0.1, 0.15) is 0 Å². The Morgan fingerprint density at radius 1 is 1.10 bits per heavy atom. The molecule has 0 fully saturated rings. The maximum Gasteiger partial charge on any atom is 0.0447 e. The lowest BCUT2D eigenvalue weighted by Crippen LogP contribution is -2.44. The molecule has 1 atom stereocenters. The van der Waals surface area contributed by atoms with Crippen LogP contribution in [0.1, 0.15) is 38.8 Å². The van der Waals surface area contributed by atoms with Crippen molar-refractivity contribution in [3.05, 3.63) is 48.0 Å². The zero-order valence-corrected chi connectivity index (χ0v) is 14.0. The number of likely N-dealkylation sites (N-methyl/N-ethyl adjacent to an activating group) is 2. The van der Waals surface area contributed by atoms with E-state index < -0.39 is 0 Å². The molecule has 0 bridgehead atoms. The fourth-order valence-corrected chi connectivity index (χ4v) is 2.58. The zero-order chi connectivity index (χ0) is 15.5. The lowest BCUT2D eigenvalue weighted by atomic mass is 9.97. The van der Waals surface area contributed by atoms with Gasteiger partial charge < -0.3 is 5.32 Å². The van der Waals surface area contributed by atoms with Crippen molar-refractivity contribution in [2.75, 3.05) is 20.6 Å². The maximum absolute atomic E-state index is 3.47. The van der Waals surface area contributed by atoms with Crippen LogP contribution in [0.5, 0.6) is 0 Å². The second-order valence-electron chi connectivity index (χ2n) is 6.49. The van der Waals surface area contributed by atoms with Crippen LogP contribution < -0.4 is 5.32 Å². The van der Waals surface area contributed by atoms with E-state index in [2.05, 4.69) is 80.5 Å². The first-order valence-corrected chi connectivity index (χ1v) is 7.85. The van der Waals surface area contributed by atoms with Crippen LogP contribution in [-0.4, -0.2) is 31.1 Å². The lowest BCUT2D eigenvalue weighted by molar-refractivity contribution is 0.137. The third-order valence-electron chi connectivity index (χ3n) is 4.88. The quantitative estimate of drug-likeness (QED) is 0.854. The highest BCUT2D eigenvalue weighted by Crippen LogP contribution is 2.24. The van der Waals surface area contributed by atoms with Crippen molar-refractivity contribution in [3.8, 4) is 0 Å². The van der Waals surface area contributed by atoms with Crippen LogP contribution in [-0.2, 0) is 0 Å². The first-order chi connectivity index (χ1) is 9.97. The molecule has 0 aliphatic heterocycles. The average molecular weight is 284 g/mol. The van der Waals surface area contributed by atoms with E-state index >= 15 is 0 Å². The van der Waals surface area contributed by atoms with Crippen LogP contribution in [0.2, 0.25) is 0 Å². The molecular weight excluding hydrogens is 256 g/mol. The summed E-state index contributed by atoms with van der Waals surface area (Å²) in [6, 6.07) is 15.7. The lowest BCUT2D eigenvalue weighted by Gasteiger charge is -2.37. The van der Waals surface area contributed by atoms with Crippen molar-refractivity contribution in [1.29, 1.82) is 0 Å². The number of nitrogens with one attached hydrogen (secondary N) is 1. The summed E-state index contributed by atoms with van der Waals surface area (Å²) in [5.74, 6) is 0. The molecule has 0 amide bonds. The third kappa shape index (κ3) is 3.63. The van der Waals surface area contributed by atoms with E-state index in [1.807, 2.05) is 7.05 Å². The first kappa shape index (κ1) is 16.0. The summed E-state index contributed by atoms with van der Waals surface area (Å²) in [5.41, 5.74) is 1.58. The molecule has 0 aliphatic carbocycles. The molecular formula is C19H28N2. The van der Waals surface area contributed by atoms with E-state index in [4.69, 9.17) is 0 Å². The number of rotatable bonds is 6. The minimum absolute atomic E-state index is 0.228. The fraction of sp³-hybridized carbons (Fsp3) is 0.474. The summed E-state index contributed by atoms with van der Waals surface area (Å²) in [7, 11) is 4.27. The van der Waals surface area contributed by atoms with Crippen LogP contribution in [0.25, 0.3) is 10.8 Å². The zero-order valence-electron chi connectivity index (χ0n) is 14.0. The molecule has 21 heavy (non-hydrogen) atoms. The molecule has 1 unspecified atom stereocenters. The standard InChI is InChI=1S/C19H28N2/c1-6-19(2,3)21(5)14-18(20-4)17-12-11-15-9-7-8-10-16(15)13-17/h7-13,18,20H,6,14H2,1-5H3. The SMILES string of the molecule is CCC(C)(C)N(C)CC(NC)c1ccc2ccccc2c1. The van der Waals surface area contributed by atoms with Gasteiger partial charge in [0, 0.05) is 18.1 Å². The Balaban J connectivity index is 2.23. The van der Waals surface area contributed by atoms with Gasteiger partial charge in [0.05, 0.1) is 0 Å². The Labute approximate surface area is 129 Å². The highest BCUT2D eigenvalue weighted by molar-refractivity contribution is 5.83. The van der Waals surface area contributed by atoms with Crippen LogP contribution in [0.15, 0.2) is 42.5 Å². The van der Waals surface area contributed by atoms with Gasteiger partial charge in [-0.2, -0.15) is 0 Å². The van der Waals surface area contributed by atoms with Crippen LogP contribution in [0, 0.1) is 0 Å². The molecule has 0 radical (unpaired) electrons. The van der Waals surface area contributed by atoms with Crippen molar-refractivity contribution in [1.82, 2.24) is 10.2 Å². The van der Waals surface area contributed by atoms with Gasteiger partial charge in [0.25, 0.3) is 0 Å². The van der Waals surface area contributed by atoms with Gasteiger partial charge in [-0.25, -0.2) is 0 Å². The van der Waals surface area contributed by atoms with Gasteiger partial charge in [0.2, 0.25) is 0 Å². The topological polar surface area (TPSA) is 15.3 Å². The van der Waals surface area contributed by atoms with Gasteiger partial charge in [-0.15, -0.1) is 0 Å². The minimum atomic E-state index is 0.228. The summed E-state index contributed by atoms with van der Waals surface area (Å²) in [6.45, 7) is 7.87. The highest BCUT2D eigenvalue weighted by Gasteiger charge is 2.24. The Hall–Kier alpha value is -1.38. The van der Waals surface area contributed by atoms with E-state index in [-0.39, 0.29) is 5.54 Å². The highest BCUT2D eigenvalue weighted by atomic mass is 15.2. The van der Waals surface area contributed by atoms with Crippen molar-refractivity contribution in [2.24, 2.45) is 0 Å². The molecule has 0 saturated carbocycles. The fourth-order valence-electron chi connectivity index (χ4n) is 2.58. The number of nitrogens with zero attached hydrogens (tertiary/aromatic N) is 1. The second kappa shape index (κ2) is 6.59. The van der Waals surface area contributed by atoms with Gasteiger partial charge in [-0.1, -0.05) is 43.3 Å². The van der Waals surface area contributed by atoms with E-state index in [1.165, 1.54) is 16.3 Å². The average Bonchev–Trinajstić information content (AvgIpc) is 2.51. The van der Waals surface area contributed by atoms with Crippen molar-refractivity contribution in [2.45, 2.75) is 38.8 Å². The summed E-state index contributed by atoms with van der Waals surface area (Å²) >= 11 is 0. The largest absolute Gasteiger partial charge is 0.312 e. The third-order valence-corrected chi connectivity index (χ3v) is 4.88. The smallest absolute Gasteiger partial charge is 0.0447 e. The molecule has 2 rings (SSSR count). The molecule has 2 nitrogen and oxygen atoms in total. The molecule has 2 aromatic rings. The van der Waals surface area contributed by atoms with Gasteiger partial charge >= 0.3 is 0 Å². The number of hydrogen-bond donors (Lipinski definition) is 1. The number of benzene rings is 2. The number of fused-ring (bicyclic) bond motifs is 1. The van der Waals surface area contributed by atoms with Gasteiger partial charge in [0.15, 0.2) is 0 Å². The van der Waals surface area contributed by atoms with E-state index in [0.717, 1.165) is 13.0 Å². The molecule has 1 N–H and O–H groups in total. The Morgan fingerprint density at radius 2 is 1.76 bits per heavy atom. The molecule has 0 aliphatic rings. The van der Waals surface area contributed by atoms with Crippen molar-refractivity contribution >= 4 is 10.8 Å². The minimum Gasteiger partial charge on any atom is -0.312 e. The molecule has 0 saturated heterocycles. The van der Waals surface area contributed by atoms with Crippen LogP contribution in [0.4, 0.5) is 0 Å². The summed E-state index contributed by atoms with van der Waals surface area (Å²) in [6.07, 6.45) is 1.15. The Morgan fingerprint density at radius 3 is 2.38 bits per heavy atom. The van der Waals surface area contributed by atoms with Gasteiger partial charge in [-0.05, 0) is 56.8 Å². The van der Waals surface area contributed by atoms with Gasteiger partial charge in [-0.3, -0.25) is 4.90 Å². The van der Waals surface area contributed by atoms with Crippen molar-refractivity contribution < 1.29 is 0 Å². The molecule has 114 valence electrons. The molecule has 2 aromatic carbocycles. The predicted octanol–water partition coefficient (Wildman–Crippen LogP) is 4.22. The predicted molar refractivity (Wildman–Crippen MR) is 92.7 cm³/mol. The maximum atomic E-state index is 3.47. The summed E-state index contributed by atoms with van der Waals surface area (Å²) in [5, 5.41) is 6.09. The van der Waals surface area contributed by atoms with Crippen LogP contribution in [0.3, 0.4) is 0 Å². The Bertz CT molecular complexity index is 589. The molecule has 0 heterocycles. The molecule has 0 spiro atoms. The van der Waals surface area contributed by atoms with Crippen molar-refractivity contribution in [3.63, 3.8) is 0 Å². The number of hydrogen-bond acceptors (Lipinski definition) is 2. The second-order valence-corrected chi connectivity index (χ2v) is 6.49. The monoisotopic (exact) mass is 284 g/mol.